The quantitative estimate of drug-likeness (QED) is 0.666. The van der Waals surface area contributed by atoms with Crippen LogP contribution in [0.1, 0.15) is 40.0 Å². The minimum absolute atomic E-state index is 0.535. The molecule has 2 N–H and O–H groups in total. The Morgan fingerprint density at radius 2 is 1.57 bits per heavy atom. The second-order valence-corrected chi connectivity index (χ2v) is 5.30. The molecule has 2 fully saturated rings. The van der Waals surface area contributed by atoms with E-state index in [1.54, 1.807) is 0 Å². The van der Waals surface area contributed by atoms with E-state index in [0.29, 0.717) is 5.92 Å². The van der Waals surface area contributed by atoms with E-state index >= 15 is 0 Å². The van der Waals surface area contributed by atoms with Crippen LogP contribution in [0.25, 0.3) is 0 Å². The van der Waals surface area contributed by atoms with Crippen molar-refractivity contribution in [1.29, 1.82) is 0 Å². The molecular formula is C11H20O3. The molecule has 3 nitrogen and oxygen atoms in total. The molecule has 2 aliphatic heterocycles. The topological polar surface area (TPSA) is 49.7 Å². The third kappa shape index (κ3) is 1.23. The Kier molecular flexibility index (Phi) is 2.18. The Balaban J connectivity index is 2.30. The molecule has 2 bridgehead atoms. The summed E-state index contributed by atoms with van der Waals surface area (Å²) < 4.78 is 5.83. The molecule has 0 aromatic heterocycles. The van der Waals surface area contributed by atoms with Gasteiger partial charge in [0.05, 0.1) is 11.2 Å². The molecular weight excluding hydrogens is 180 g/mol. The third-order valence-corrected chi connectivity index (χ3v) is 3.98. The highest BCUT2D eigenvalue weighted by atomic mass is 16.6. The minimum Gasteiger partial charge on any atom is -0.387 e. The van der Waals surface area contributed by atoms with Crippen LogP contribution in [0.3, 0.4) is 0 Å². The summed E-state index contributed by atoms with van der Waals surface area (Å²) in [5, 5.41) is 19.9. The van der Waals surface area contributed by atoms with Gasteiger partial charge in [-0.2, -0.15) is 0 Å². The number of fused-ring (bicyclic) bond motifs is 2. The second kappa shape index (κ2) is 2.94. The van der Waals surface area contributed by atoms with Crippen LogP contribution in [0.5, 0.6) is 0 Å². The van der Waals surface area contributed by atoms with Crippen molar-refractivity contribution in [3.05, 3.63) is 0 Å². The first-order valence-electron chi connectivity index (χ1n) is 5.47. The van der Waals surface area contributed by atoms with Gasteiger partial charge in [0.25, 0.3) is 0 Å². The zero-order valence-electron chi connectivity index (χ0n) is 9.16. The van der Waals surface area contributed by atoms with Gasteiger partial charge in [0, 0.05) is 0 Å². The largest absolute Gasteiger partial charge is 0.387 e. The second-order valence-electron chi connectivity index (χ2n) is 5.30. The molecule has 14 heavy (non-hydrogen) atoms. The van der Waals surface area contributed by atoms with E-state index in [1.165, 1.54) is 0 Å². The van der Waals surface area contributed by atoms with Crippen molar-refractivity contribution in [2.75, 3.05) is 0 Å². The first-order valence-corrected chi connectivity index (χ1v) is 5.47. The van der Waals surface area contributed by atoms with Crippen molar-refractivity contribution in [3.63, 3.8) is 0 Å². The summed E-state index contributed by atoms with van der Waals surface area (Å²) in [6, 6.07) is 0. The van der Waals surface area contributed by atoms with Gasteiger partial charge in [-0.3, -0.25) is 0 Å². The summed E-state index contributed by atoms with van der Waals surface area (Å²) >= 11 is 0. The lowest BCUT2D eigenvalue weighted by atomic mass is 9.83. The van der Waals surface area contributed by atoms with Crippen molar-refractivity contribution >= 4 is 0 Å². The predicted octanol–water partition coefficient (Wildman–Crippen LogP) is 1.08. The number of rotatable bonds is 1. The summed E-state index contributed by atoms with van der Waals surface area (Å²) in [5.74, 6) is 0.561. The van der Waals surface area contributed by atoms with Crippen LogP contribution in [0.15, 0.2) is 0 Å². The molecule has 0 aromatic carbocycles. The van der Waals surface area contributed by atoms with E-state index in [2.05, 4.69) is 6.92 Å². The van der Waals surface area contributed by atoms with Crippen LogP contribution in [0.4, 0.5) is 0 Å². The van der Waals surface area contributed by atoms with Gasteiger partial charge in [0.1, 0.15) is 12.2 Å². The molecule has 2 rings (SSSR count). The highest BCUT2D eigenvalue weighted by Crippen LogP contribution is 2.50. The summed E-state index contributed by atoms with van der Waals surface area (Å²) in [6.07, 6.45) is 1.34. The van der Waals surface area contributed by atoms with Crippen LogP contribution in [0.2, 0.25) is 0 Å². The normalized spacial score (nSPS) is 57.6. The standard InChI is InChI=1S/C11H20O3/c1-4-7-5-10(2)8(12)9(13)11(3,6-7)14-10/h7-9,12-13H,4-6H2,1-3H3/t7-,8+,9-,10-,11+. The van der Waals surface area contributed by atoms with Crippen LogP contribution < -0.4 is 0 Å². The zero-order valence-corrected chi connectivity index (χ0v) is 9.16. The van der Waals surface area contributed by atoms with Crippen LogP contribution in [-0.2, 0) is 4.74 Å². The monoisotopic (exact) mass is 200 g/mol. The van der Waals surface area contributed by atoms with Gasteiger partial charge >= 0.3 is 0 Å². The summed E-state index contributed by atoms with van der Waals surface area (Å²) in [7, 11) is 0. The molecule has 3 heteroatoms. The van der Waals surface area contributed by atoms with Crippen molar-refractivity contribution < 1.29 is 14.9 Å². The van der Waals surface area contributed by atoms with E-state index in [9.17, 15) is 10.2 Å². The maximum absolute atomic E-state index is 9.93. The number of aliphatic hydroxyl groups excluding tert-OH is 2. The number of aliphatic hydroxyl groups is 2. The Labute approximate surface area is 85.1 Å². The molecule has 0 aliphatic carbocycles. The lowest BCUT2D eigenvalue weighted by Gasteiger charge is -2.40. The van der Waals surface area contributed by atoms with Crippen molar-refractivity contribution in [2.24, 2.45) is 5.92 Å². The molecule has 82 valence electrons. The first kappa shape index (κ1) is 10.4. The molecule has 0 spiro atoms. The molecule has 0 radical (unpaired) electrons. The fourth-order valence-corrected chi connectivity index (χ4v) is 3.15. The SMILES string of the molecule is CC[C@@H]1C[C@@]2(C)O[C@@](C)(C1)[C@H](O)[C@@H]2O. The third-order valence-electron chi connectivity index (χ3n) is 3.98. The summed E-state index contributed by atoms with van der Waals surface area (Å²) in [6.45, 7) is 5.98. The molecule has 0 saturated carbocycles. The number of hydrogen-bond donors (Lipinski definition) is 2. The average Bonchev–Trinajstić information content (AvgIpc) is 2.24. The fourth-order valence-electron chi connectivity index (χ4n) is 3.15. The Morgan fingerprint density at radius 1 is 1.14 bits per heavy atom. The van der Waals surface area contributed by atoms with Crippen molar-refractivity contribution in [2.45, 2.75) is 63.4 Å². The molecule has 2 saturated heterocycles. The smallest absolute Gasteiger partial charge is 0.111 e. The molecule has 0 unspecified atom stereocenters. The molecule has 5 atom stereocenters. The van der Waals surface area contributed by atoms with E-state index in [-0.39, 0.29) is 0 Å². The van der Waals surface area contributed by atoms with Crippen LogP contribution in [-0.4, -0.2) is 33.6 Å². The average molecular weight is 200 g/mol. The summed E-state index contributed by atoms with van der Waals surface area (Å²) in [5.41, 5.74) is -1.07. The lowest BCUT2D eigenvalue weighted by molar-refractivity contribution is -0.163. The maximum Gasteiger partial charge on any atom is 0.111 e. The van der Waals surface area contributed by atoms with Gasteiger partial charge in [-0.05, 0) is 32.6 Å². The van der Waals surface area contributed by atoms with Gasteiger partial charge in [-0.15, -0.1) is 0 Å². The number of ether oxygens (including phenoxy) is 1. The molecule has 0 amide bonds. The zero-order chi connectivity index (χ0) is 10.6. The number of hydrogen-bond acceptors (Lipinski definition) is 3. The van der Waals surface area contributed by atoms with Gasteiger partial charge in [0.2, 0.25) is 0 Å². The van der Waals surface area contributed by atoms with Gasteiger partial charge in [-0.1, -0.05) is 13.3 Å². The van der Waals surface area contributed by atoms with E-state index in [4.69, 9.17) is 4.74 Å². The maximum atomic E-state index is 9.93. The fraction of sp³-hybridized carbons (Fsp3) is 1.00. The minimum atomic E-state index is -0.732. The van der Waals surface area contributed by atoms with Gasteiger partial charge < -0.3 is 14.9 Å². The van der Waals surface area contributed by atoms with E-state index < -0.39 is 23.4 Å². The summed E-state index contributed by atoms with van der Waals surface area (Å²) in [4.78, 5) is 0. The first-order chi connectivity index (χ1) is 6.41. The van der Waals surface area contributed by atoms with Gasteiger partial charge in [0.15, 0.2) is 0 Å². The lowest BCUT2D eigenvalue weighted by Crippen LogP contribution is -2.43. The Hall–Kier alpha value is -0.120. The molecule has 2 aliphatic rings. The molecule has 0 aromatic rings. The van der Waals surface area contributed by atoms with Gasteiger partial charge in [-0.25, -0.2) is 0 Å². The van der Waals surface area contributed by atoms with Crippen LogP contribution in [0, 0.1) is 5.92 Å². The predicted molar refractivity (Wildman–Crippen MR) is 52.9 cm³/mol. The van der Waals surface area contributed by atoms with Crippen molar-refractivity contribution in [1.82, 2.24) is 0 Å². The Morgan fingerprint density at radius 3 is 1.93 bits per heavy atom. The highest BCUT2D eigenvalue weighted by Gasteiger charge is 2.61. The molecule has 2 heterocycles. The van der Waals surface area contributed by atoms with Crippen molar-refractivity contribution in [3.8, 4) is 0 Å². The van der Waals surface area contributed by atoms with E-state index in [0.717, 1.165) is 19.3 Å². The van der Waals surface area contributed by atoms with E-state index in [1.807, 2.05) is 13.8 Å². The highest BCUT2D eigenvalue weighted by molar-refractivity contribution is 5.10. The van der Waals surface area contributed by atoms with Crippen LogP contribution >= 0.6 is 0 Å². The Bertz CT molecular complexity index is 221.